The number of carbonyl (C=O) groups is 1. The van der Waals surface area contributed by atoms with Gasteiger partial charge in [-0.05, 0) is 90.8 Å². The minimum absolute atomic E-state index is 0.0970. The van der Waals surface area contributed by atoms with E-state index in [-0.39, 0.29) is 29.7 Å². The number of rotatable bonds is 9. The molecule has 10 heteroatoms. The highest BCUT2D eigenvalue weighted by atomic mass is 32.2. The highest BCUT2D eigenvalue weighted by Crippen LogP contribution is 2.41. The highest BCUT2D eigenvalue weighted by molar-refractivity contribution is 7.91. The van der Waals surface area contributed by atoms with Gasteiger partial charge in [-0.3, -0.25) is 14.6 Å². The van der Waals surface area contributed by atoms with Crippen LogP contribution in [-0.4, -0.2) is 80.6 Å². The summed E-state index contributed by atoms with van der Waals surface area (Å²) in [7, 11) is -1.25. The van der Waals surface area contributed by atoms with Gasteiger partial charge >= 0.3 is 0 Å². The number of phenols is 1. The van der Waals surface area contributed by atoms with Gasteiger partial charge in [-0.1, -0.05) is 24.3 Å². The molecule has 3 heterocycles. The van der Waals surface area contributed by atoms with Crippen LogP contribution in [0.2, 0.25) is 0 Å². The van der Waals surface area contributed by atoms with Crippen molar-refractivity contribution in [2.45, 2.75) is 25.8 Å². The molecule has 0 bridgehead atoms. The molecule has 226 valence electrons. The monoisotopic (exact) mass is 619 g/mol. The Bertz CT molecular complexity index is 1710. The van der Waals surface area contributed by atoms with E-state index < -0.39 is 9.84 Å². The molecule has 0 atom stereocenters. The maximum absolute atomic E-state index is 12.6. The van der Waals surface area contributed by atoms with Crippen LogP contribution >= 0.6 is 11.3 Å². The van der Waals surface area contributed by atoms with Crippen LogP contribution in [0.15, 0.2) is 60.7 Å². The number of hydrogen-bond acceptors (Lipinski definition) is 8. The van der Waals surface area contributed by atoms with Crippen molar-refractivity contribution in [3.05, 3.63) is 77.4 Å². The maximum atomic E-state index is 12.6. The van der Waals surface area contributed by atoms with Gasteiger partial charge in [0.25, 0.3) is 0 Å². The second kappa shape index (κ2) is 12.7. The Balaban J connectivity index is 1.21. The summed E-state index contributed by atoms with van der Waals surface area (Å²) in [6, 6.07) is 19.9. The Morgan fingerprint density at radius 3 is 2.42 bits per heavy atom. The minimum atomic E-state index is -2.98. The SMILES string of the molecule is COc1cc(Cc2c(-c3ccc(NC(=O)CN4CCS(=O)(=O)CC4)cc3)sc3cc(O)ccc23)ccc1CN1CCCC1. The highest BCUT2D eigenvalue weighted by Gasteiger charge is 2.23. The summed E-state index contributed by atoms with van der Waals surface area (Å²) in [6.45, 7) is 4.10. The smallest absolute Gasteiger partial charge is 0.238 e. The number of phenolic OH excluding ortho intramolecular Hbond substituents is 1. The number of fused-ring (bicyclic) bond motifs is 1. The number of anilines is 1. The molecule has 0 spiro atoms. The number of methoxy groups -OCH3 is 1. The molecule has 0 unspecified atom stereocenters. The third-order valence-electron chi connectivity index (χ3n) is 8.34. The molecule has 4 aromatic rings. The van der Waals surface area contributed by atoms with Crippen LogP contribution in [0.5, 0.6) is 11.5 Å². The number of benzene rings is 3. The van der Waals surface area contributed by atoms with Crippen LogP contribution in [0.25, 0.3) is 20.5 Å². The van der Waals surface area contributed by atoms with Crippen molar-refractivity contribution >= 4 is 42.9 Å². The van der Waals surface area contributed by atoms with E-state index in [1.165, 1.54) is 24.0 Å². The minimum Gasteiger partial charge on any atom is -0.508 e. The van der Waals surface area contributed by atoms with E-state index in [4.69, 9.17) is 4.74 Å². The van der Waals surface area contributed by atoms with Gasteiger partial charge in [-0.25, -0.2) is 8.42 Å². The Labute approximate surface area is 256 Å². The van der Waals surface area contributed by atoms with Crippen molar-refractivity contribution < 1.29 is 23.1 Å². The second-order valence-electron chi connectivity index (χ2n) is 11.4. The van der Waals surface area contributed by atoms with E-state index in [2.05, 4.69) is 28.4 Å². The van der Waals surface area contributed by atoms with Crippen LogP contribution in [-0.2, 0) is 27.6 Å². The molecular weight excluding hydrogens is 583 g/mol. The molecule has 0 saturated carbocycles. The van der Waals surface area contributed by atoms with E-state index in [1.807, 2.05) is 41.3 Å². The lowest BCUT2D eigenvalue weighted by atomic mass is 9.97. The zero-order chi connectivity index (χ0) is 30.0. The molecule has 2 fully saturated rings. The summed E-state index contributed by atoms with van der Waals surface area (Å²) in [5.74, 6) is 1.19. The Kier molecular flexibility index (Phi) is 8.72. The van der Waals surface area contributed by atoms with E-state index in [9.17, 15) is 18.3 Å². The van der Waals surface area contributed by atoms with Gasteiger partial charge in [0, 0.05) is 40.5 Å². The quantitative estimate of drug-likeness (QED) is 0.268. The number of amides is 1. The van der Waals surface area contributed by atoms with E-state index in [0.29, 0.717) is 25.2 Å². The number of thiophene rings is 1. The molecule has 6 rings (SSSR count). The van der Waals surface area contributed by atoms with Gasteiger partial charge in [0.15, 0.2) is 9.84 Å². The fourth-order valence-corrected chi connectivity index (χ4v) is 8.52. The summed E-state index contributed by atoms with van der Waals surface area (Å²) >= 11 is 1.65. The molecule has 2 N–H and O–H groups in total. The van der Waals surface area contributed by atoms with Gasteiger partial charge < -0.3 is 15.2 Å². The molecule has 43 heavy (non-hydrogen) atoms. The maximum Gasteiger partial charge on any atom is 0.238 e. The van der Waals surface area contributed by atoms with Crippen molar-refractivity contribution in [2.75, 3.05) is 56.7 Å². The van der Waals surface area contributed by atoms with E-state index in [1.54, 1.807) is 24.5 Å². The number of hydrogen-bond donors (Lipinski definition) is 2. The number of likely N-dealkylation sites (tertiary alicyclic amines) is 1. The van der Waals surface area contributed by atoms with Gasteiger partial charge in [-0.15, -0.1) is 11.3 Å². The first-order chi connectivity index (χ1) is 20.8. The molecule has 0 aliphatic carbocycles. The van der Waals surface area contributed by atoms with Crippen LogP contribution in [0.4, 0.5) is 5.69 Å². The Morgan fingerprint density at radius 2 is 1.70 bits per heavy atom. The lowest BCUT2D eigenvalue weighted by molar-refractivity contribution is -0.117. The first kappa shape index (κ1) is 29.6. The predicted molar refractivity (Wildman–Crippen MR) is 173 cm³/mol. The standard InChI is InChI=1S/C33H37N3O5S2/c1-41-30-19-23(4-5-25(30)21-35-12-2-3-13-35)18-29-28-11-10-27(37)20-31(28)42-33(29)24-6-8-26(9-7-24)34-32(38)22-36-14-16-43(39,40)17-15-36/h4-11,19-20,37H,2-3,12-18,21-22H2,1H3,(H,34,38). The number of carbonyl (C=O) groups excluding carboxylic acids is 1. The third kappa shape index (κ3) is 7.04. The number of nitrogens with one attached hydrogen (secondary N) is 1. The topological polar surface area (TPSA) is 99.2 Å². The third-order valence-corrected chi connectivity index (χ3v) is 11.2. The zero-order valence-corrected chi connectivity index (χ0v) is 26.0. The Morgan fingerprint density at radius 1 is 0.953 bits per heavy atom. The number of ether oxygens (including phenoxy) is 1. The van der Waals surface area contributed by atoms with E-state index >= 15 is 0 Å². The van der Waals surface area contributed by atoms with Crippen molar-refractivity contribution in [1.82, 2.24) is 9.80 Å². The number of nitrogens with zero attached hydrogens (tertiary/aromatic N) is 2. The van der Waals surface area contributed by atoms with Gasteiger partial charge in [0.2, 0.25) is 5.91 Å². The molecule has 3 aromatic carbocycles. The van der Waals surface area contributed by atoms with Crippen molar-refractivity contribution in [2.24, 2.45) is 0 Å². The lowest BCUT2D eigenvalue weighted by Crippen LogP contribution is -2.43. The van der Waals surface area contributed by atoms with Crippen molar-refractivity contribution in [3.63, 3.8) is 0 Å². The second-order valence-corrected chi connectivity index (χ2v) is 14.8. The molecule has 2 aliphatic heterocycles. The first-order valence-electron chi connectivity index (χ1n) is 14.7. The Hall–Kier alpha value is -3.44. The van der Waals surface area contributed by atoms with Crippen LogP contribution < -0.4 is 10.1 Å². The van der Waals surface area contributed by atoms with Crippen LogP contribution in [0.3, 0.4) is 0 Å². The average molecular weight is 620 g/mol. The van der Waals surface area contributed by atoms with Crippen LogP contribution in [0.1, 0.15) is 29.5 Å². The predicted octanol–water partition coefficient (Wildman–Crippen LogP) is 5.14. The summed E-state index contributed by atoms with van der Waals surface area (Å²) in [4.78, 5) is 18.1. The molecule has 2 aliphatic rings. The summed E-state index contributed by atoms with van der Waals surface area (Å²) in [6.07, 6.45) is 3.22. The summed E-state index contributed by atoms with van der Waals surface area (Å²) in [5, 5.41) is 14.2. The van der Waals surface area contributed by atoms with Crippen molar-refractivity contribution in [1.29, 1.82) is 0 Å². The van der Waals surface area contributed by atoms with Gasteiger partial charge in [0.1, 0.15) is 11.5 Å². The lowest BCUT2D eigenvalue weighted by Gasteiger charge is -2.25. The number of aromatic hydroxyl groups is 1. The molecule has 1 amide bonds. The fourth-order valence-electron chi connectivity index (χ4n) is 5.98. The van der Waals surface area contributed by atoms with Crippen LogP contribution in [0, 0.1) is 0 Å². The van der Waals surface area contributed by atoms with Gasteiger partial charge in [-0.2, -0.15) is 0 Å². The molecule has 1 aromatic heterocycles. The molecule has 2 saturated heterocycles. The largest absolute Gasteiger partial charge is 0.508 e. The molecule has 0 radical (unpaired) electrons. The molecular formula is C33H37N3O5S2. The van der Waals surface area contributed by atoms with E-state index in [0.717, 1.165) is 51.5 Å². The molecule has 8 nitrogen and oxygen atoms in total. The summed E-state index contributed by atoms with van der Waals surface area (Å²) in [5.41, 5.74) is 5.28. The zero-order valence-electron chi connectivity index (χ0n) is 24.3. The fraction of sp³-hybridized carbons (Fsp3) is 0.364. The first-order valence-corrected chi connectivity index (χ1v) is 17.4. The van der Waals surface area contributed by atoms with Gasteiger partial charge in [0.05, 0.1) is 25.2 Å². The summed E-state index contributed by atoms with van der Waals surface area (Å²) < 4.78 is 30.2. The number of sulfone groups is 1. The normalized spacial score (nSPS) is 17.3. The average Bonchev–Trinajstić information content (AvgIpc) is 3.63. The van der Waals surface area contributed by atoms with Crippen molar-refractivity contribution in [3.8, 4) is 21.9 Å².